The molecule has 2 N–H and O–H groups in total. The summed E-state index contributed by atoms with van der Waals surface area (Å²) in [5, 5.41) is 22.7. The SMILES string of the molecule is CC.O/N=C(\c1ccccc1)C(O)C1=CCCCC=C1. The number of hydrogen-bond donors (Lipinski definition) is 2. The van der Waals surface area contributed by atoms with Crippen LogP contribution in [0.15, 0.2) is 59.3 Å². The molecule has 1 aliphatic rings. The number of rotatable bonds is 3. The molecule has 0 spiro atoms. The Morgan fingerprint density at radius 3 is 2.50 bits per heavy atom. The van der Waals surface area contributed by atoms with Crippen LogP contribution in [0.3, 0.4) is 0 Å². The summed E-state index contributed by atoms with van der Waals surface area (Å²) in [4.78, 5) is 0. The van der Waals surface area contributed by atoms with Gasteiger partial charge in [-0.25, -0.2) is 0 Å². The smallest absolute Gasteiger partial charge is 0.125 e. The molecule has 1 aliphatic carbocycles. The van der Waals surface area contributed by atoms with Crippen molar-refractivity contribution in [1.82, 2.24) is 0 Å². The topological polar surface area (TPSA) is 52.8 Å². The Kier molecular flexibility index (Phi) is 7.36. The second-order valence-electron chi connectivity index (χ2n) is 4.29. The van der Waals surface area contributed by atoms with E-state index in [1.54, 1.807) is 0 Å². The summed E-state index contributed by atoms with van der Waals surface area (Å²) in [6, 6.07) is 9.23. The number of nitrogens with zero attached hydrogens (tertiary/aromatic N) is 1. The summed E-state index contributed by atoms with van der Waals surface area (Å²) in [6.45, 7) is 4.00. The highest BCUT2D eigenvalue weighted by molar-refractivity contribution is 6.05. The van der Waals surface area contributed by atoms with Gasteiger partial charge in [-0.15, -0.1) is 0 Å². The number of oxime groups is 1. The Morgan fingerprint density at radius 1 is 1.15 bits per heavy atom. The van der Waals surface area contributed by atoms with Crippen molar-refractivity contribution < 1.29 is 10.3 Å². The van der Waals surface area contributed by atoms with E-state index < -0.39 is 6.10 Å². The van der Waals surface area contributed by atoms with Gasteiger partial charge >= 0.3 is 0 Å². The van der Waals surface area contributed by atoms with E-state index in [1.165, 1.54) is 0 Å². The van der Waals surface area contributed by atoms with Crippen LogP contribution in [0, 0.1) is 0 Å². The maximum absolute atomic E-state index is 10.3. The molecule has 3 nitrogen and oxygen atoms in total. The average Bonchev–Trinajstić information content (AvgIpc) is 2.80. The zero-order valence-corrected chi connectivity index (χ0v) is 12.2. The van der Waals surface area contributed by atoms with Gasteiger partial charge in [0.05, 0.1) is 0 Å². The third kappa shape index (κ3) is 4.35. The minimum absolute atomic E-state index is 0.286. The van der Waals surface area contributed by atoms with Crippen molar-refractivity contribution in [3.8, 4) is 0 Å². The molecule has 0 aromatic heterocycles. The normalized spacial score (nSPS) is 16.6. The van der Waals surface area contributed by atoms with Crippen molar-refractivity contribution in [1.29, 1.82) is 0 Å². The minimum Gasteiger partial charge on any atom is -0.411 e. The molecule has 0 bridgehead atoms. The largest absolute Gasteiger partial charge is 0.411 e. The van der Waals surface area contributed by atoms with Gasteiger partial charge in [0.2, 0.25) is 0 Å². The van der Waals surface area contributed by atoms with Crippen LogP contribution in [0.25, 0.3) is 0 Å². The molecule has 0 heterocycles. The molecule has 2 rings (SSSR count). The van der Waals surface area contributed by atoms with Crippen LogP contribution in [0.5, 0.6) is 0 Å². The Morgan fingerprint density at radius 2 is 1.85 bits per heavy atom. The van der Waals surface area contributed by atoms with Gasteiger partial charge in [0, 0.05) is 5.56 Å². The molecule has 1 aromatic rings. The van der Waals surface area contributed by atoms with E-state index >= 15 is 0 Å². The molecule has 0 saturated carbocycles. The lowest BCUT2D eigenvalue weighted by atomic mass is 9.98. The number of aliphatic hydroxyl groups excluding tert-OH is 1. The van der Waals surface area contributed by atoms with Crippen LogP contribution in [-0.2, 0) is 0 Å². The van der Waals surface area contributed by atoms with Crippen molar-refractivity contribution >= 4 is 5.71 Å². The molecule has 3 heteroatoms. The quantitative estimate of drug-likeness (QED) is 0.498. The number of aliphatic hydroxyl groups is 1. The van der Waals surface area contributed by atoms with Crippen LogP contribution >= 0.6 is 0 Å². The Balaban J connectivity index is 0.000000956. The van der Waals surface area contributed by atoms with Gasteiger partial charge in [-0.05, 0) is 24.8 Å². The predicted octanol–water partition coefficient (Wildman–Crippen LogP) is 3.92. The van der Waals surface area contributed by atoms with Crippen molar-refractivity contribution in [2.45, 2.75) is 39.2 Å². The van der Waals surface area contributed by atoms with E-state index in [-0.39, 0.29) is 5.71 Å². The summed E-state index contributed by atoms with van der Waals surface area (Å²) in [5.41, 5.74) is 1.81. The second kappa shape index (κ2) is 9.10. The van der Waals surface area contributed by atoms with E-state index in [4.69, 9.17) is 5.21 Å². The van der Waals surface area contributed by atoms with Crippen LogP contribution in [0.4, 0.5) is 0 Å². The second-order valence-corrected chi connectivity index (χ2v) is 4.29. The maximum atomic E-state index is 10.3. The van der Waals surface area contributed by atoms with Crippen molar-refractivity contribution in [3.05, 3.63) is 59.7 Å². The first-order chi connectivity index (χ1) is 9.83. The van der Waals surface area contributed by atoms with Gasteiger partial charge in [-0.2, -0.15) is 0 Å². The highest BCUT2D eigenvalue weighted by atomic mass is 16.4. The predicted molar refractivity (Wildman–Crippen MR) is 83.2 cm³/mol. The van der Waals surface area contributed by atoms with Gasteiger partial charge in [0.1, 0.15) is 11.8 Å². The fourth-order valence-electron chi connectivity index (χ4n) is 2.03. The van der Waals surface area contributed by atoms with Crippen LogP contribution in [0.2, 0.25) is 0 Å². The maximum Gasteiger partial charge on any atom is 0.125 e. The Hall–Kier alpha value is -1.87. The molecule has 0 radical (unpaired) electrons. The summed E-state index contributed by atoms with van der Waals surface area (Å²) < 4.78 is 0. The lowest BCUT2D eigenvalue weighted by molar-refractivity contribution is 0.263. The van der Waals surface area contributed by atoms with Crippen LogP contribution in [0.1, 0.15) is 38.7 Å². The van der Waals surface area contributed by atoms with E-state index in [1.807, 2.05) is 62.4 Å². The summed E-state index contributed by atoms with van der Waals surface area (Å²) in [6.07, 6.45) is 8.11. The molecule has 0 fully saturated rings. The van der Waals surface area contributed by atoms with E-state index in [9.17, 15) is 5.11 Å². The third-order valence-electron chi connectivity index (χ3n) is 3.02. The van der Waals surface area contributed by atoms with Crippen molar-refractivity contribution in [3.63, 3.8) is 0 Å². The lowest BCUT2D eigenvalue weighted by Crippen LogP contribution is -2.23. The van der Waals surface area contributed by atoms with E-state index in [0.717, 1.165) is 30.4 Å². The standard InChI is InChI=1S/C15H17NO2.C2H6/c17-15(13-10-4-1-2-5-11-13)14(16-18)12-8-6-3-7-9-12;1-2/h3-4,6-11,15,17-18H,1-2,5H2;1-2H3/b16-14+;. The van der Waals surface area contributed by atoms with Gasteiger partial charge in [-0.3, -0.25) is 0 Å². The number of hydrogen-bond acceptors (Lipinski definition) is 3. The van der Waals surface area contributed by atoms with Gasteiger partial charge in [-0.1, -0.05) is 67.6 Å². The molecular formula is C17H23NO2. The minimum atomic E-state index is -0.883. The first kappa shape index (κ1) is 16.2. The van der Waals surface area contributed by atoms with Crippen LogP contribution in [-0.4, -0.2) is 22.1 Å². The first-order valence-electron chi connectivity index (χ1n) is 7.15. The Bertz CT molecular complexity index is 475. The lowest BCUT2D eigenvalue weighted by Gasteiger charge is -2.13. The van der Waals surface area contributed by atoms with Gasteiger partial charge in [0.25, 0.3) is 0 Å². The zero-order chi connectivity index (χ0) is 14.8. The third-order valence-corrected chi connectivity index (χ3v) is 3.02. The van der Waals surface area contributed by atoms with Crippen LogP contribution < -0.4 is 0 Å². The number of benzene rings is 1. The summed E-state index contributed by atoms with van der Waals surface area (Å²) >= 11 is 0. The highest BCUT2D eigenvalue weighted by Gasteiger charge is 2.18. The average molecular weight is 273 g/mol. The molecule has 0 saturated heterocycles. The zero-order valence-electron chi connectivity index (χ0n) is 12.2. The fourth-order valence-corrected chi connectivity index (χ4v) is 2.03. The van der Waals surface area contributed by atoms with E-state index in [2.05, 4.69) is 5.16 Å². The molecule has 108 valence electrons. The van der Waals surface area contributed by atoms with E-state index in [0.29, 0.717) is 0 Å². The first-order valence-corrected chi connectivity index (χ1v) is 7.15. The van der Waals surface area contributed by atoms with Crippen molar-refractivity contribution in [2.24, 2.45) is 5.16 Å². The monoisotopic (exact) mass is 273 g/mol. The van der Waals surface area contributed by atoms with Gasteiger partial charge in [0.15, 0.2) is 0 Å². The molecule has 0 aliphatic heterocycles. The molecule has 0 amide bonds. The summed E-state index contributed by atoms with van der Waals surface area (Å²) in [5.74, 6) is 0. The number of allylic oxidation sites excluding steroid dienone is 2. The highest BCUT2D eigenvalue weighted by Crippen LogP contribution is 2.17. The van der Waals surface area contributed by atoms with Crippen molar-refractivity contribution in [2.75, 3.05) is 0 Å². The Labute approximate surface area is 121 Å². The van der Waals surface area contributed by atoms with Gasteiger partial charge < -0.3 is 10.3 Å². The molecule has 1 aromatic carbocycles. The molecule has 1 atom stereocenters. The fraction of sp³-hybridized carbons (Fsp3) is 0.353. The summed E-state index contributed by atoms with van der Waals surface area (Å²) in [7, 11) is 0. The molecule has 1 unspecified atom stereocenters. The molecule has 20 heavy (non-hydrogen) atoms. The molecular weight excluding hydrogens is 250 g/mol.